The van der Waals surface area contributed by atoms with Crippen LogP contribution in [-0.2, 0) is 35.4 Å². The number of hydrogen-bond acceptors (Lipinski definition) is 12. The summed E-state index contributed by atoms with van der Waals surface area (Å²) in [5.41, 5.74) is 0.790. The first-order valence-corrected chi connectivity index (χ1v) is 19.2. The fraction of sp³-hybridized carbons (Fsp3) is 0.457. The maximum Gasteiger partial charge on any atom is 0.387 e. The maximum atomic E-state index is 13.2. The van der Waals surface area contributed by atoms with Gasteiger partial charge in [0.25, 0.3) is 0 Å². The van der Waals surface area contributed by atoms with Gasteiger partial charge in [0, 0.05) is 45.0 Å². The van der Waals surface area contributed by atoms with Crippen molar-refractivity contribution in [3.8, 4) is 17.2 Å². The van der Waals surface area contributed by atoms with E-state index in [0.717, 1.165) is 23.4 Å². The SMILES string of the molecule is COc1ccc(C(=O)OCC(=O)O[C@@H](Cc2c(Cl)cncc2Cl)c2ccc(OC(F)F)c(OCC3CC3)c2)cc1N(CCN1CCOCC1)S(C)(=O)=O. The second-order valence-electron chi connectivity index (χ2n) is 12.4. The number of halogens is 4. The van der Waals surface area contributed by atoms with E-state index in [-0.39, 0.29) is 58.1 Å². The number of benzene rings is 2. The van der Waals surface area contributed by atoms with Gasteiger partial charge in [-0.15, -0.1) is 0 Å². The first kappa shape index (κ1) is 40.2. The molecule has 1 atom stereocenters. The van der Waals surface area contributed by atoms with Crippen molar-refractivity contribution in [2.75, 3.05) is 70.3 Å². The van der Waals surface area contributed by atoms with Crippen molar-refractivity contribution in [2.45, 2.75) is 32.0 Å². The summed E-state index contributed by atoms with van der Waals surface area (Å²) in [6.45, 7) is -0.792. The topological polar surface area (TPSA) is 143 Å². The Hall–Kier alpha value is -3.96. The maximum absolute atomic E-state index is 13.2. The average molecular weight is 803 g/mol. The summed E-state index contributed by atoms with van der Waals surface area (Å²) in [6.07, 6.45) is 4.51. The molecule has 2 fully saturated rings. The highest BCUT2D eigenvalue weighted by molar-refractivity contribution is 7.92. The molecule has 0 unspecified atom stereocenters. The molecule has 1 aliphatic carbocycles. The molecule has 2 heterocycles. The smallest absolute Gasteiger partial charge is 0.387 e. The second-order valence-corrected chi connectivity index (χ2v) is 15.1. The molecule has 53 heavy (non-hydrogen) atoms. The van der Waals surface area contributed by atoms with E-state index < -0.39 is 41.3 Å². The molecule has 1 saturated heterocycles. The predicted octanol–water partition coefficient (Wildman–Crippen LogP) is 5.57. The number of carbonyl (C=O) groups is 2. The van der Waals surface area contributed by atoms with Crippen LogP contribution in [0.4, 0.5) is 14.5 Å². The predicted molar refractivity (Wildman–Crippen MR) is 191 cm³/mol. The van der Waals surface area contributed by atoms with Gasteiger partial charge in [0.1, 0.15) is 11.9 Å². The van der Waals surface area contributed by atoms with E-state index in [4.69, 9.17) is 46.9 Å². The quantitative estimate of drug-likeness (QED) is 0.149. The number of morpholine rings is 1. The van der Waals surface area contributed by atoms with E-state index in [1.807, 2.05) is 0 Å². The van der Waals surface area contributed by atoms with Crippen LogP contribution < -0.4 is 18.5 Å². The molecular weight excluding hydrogens is 763 g/mol. The molecule has 0 N–H and O–H groups in total. The standard InChI is InChI=1S/C35H39Cl2F2N3O10S/c1-47-29-7-6-24(15-28(29)42(53(2,45)46)10-9-41-11-13-48-14-12-41)34(44)50-21-33(43)51-31(17-25-26(36)18-40-19-27(25)37)23-5-8-30(52-35(38)39)32(16-23)49-20-22-3-4-22/h5-8,15-16,18-19,22,31,35H,3-4,9-14,17,20-21H2,1-2H3/t31-/m0/s1. The van der Waals surface area contributed by atoms with Gasteiger partial charge in [-0.2, -0.15) is 8.78 Å². The summed E-state index contributed by atoms with van der Waals surface area (Å²) in [7, 11) is -2.44. The molecule has 1 saturated carbocycles. The molecule has 3 aromatic rings. The van der Waals surface area contributed by atoms with Crippen molar-refractivity contribution in [3.63, 3.8) is 0 Å². The van der Waals surface area contributed by atoms with Crippen molar-refractivity contribution >= 4 is 50.9 Å². The number of rotatable bonds is 18. The molecule has 0 amide bonds. The van der Waals surface area contributed by atoms with E-state index in [1.54, 1.807) is 0 Å². The third-order valence-electron chi connectivity index (χ3n) is 8.47. The van der Waals surface area contributed by atoms with Gasteiger partial charge in [-0.3, -0.25) is 14.2 Å². The van der Waals surface area contributed by atoms with Crippen molar-refractivity contribution in [3.05, 3.63) is 75.5 Å². The van der Waals surface area contributed by atoms with E-state index in [1.165, 1.54) is 55.9 Å². The highest BCUT2D eigenvalue weighted by Crippen LogP contribution is 2.38. The zero-order valence-electron chi connectivity index (χ0n) is 29.0. The van der Waals surface area contributed by atoms with Crippen LogP contribution in [0, 0.1) is 5.92 Å². The summed E-state index contributed by atoms with van der Waals surface area (Å²) in [4.78, 5) is 32.5. The van der Waals surface area contributed by atoms with Gasteiger partial charge in [-0.05, 0) is 60.2 Å². The lowest BCUT2D eigenvalue weighted by atomic mass is 10.0. The number of carbonyl (C=O) groups excluding carboxylic acids is 2. The van der Waals surface area contributed by atoms with Crippen molar-refractivity contribution in [2.24, 2.45) is 5.92 Å². The molecule has 0 spiro atoms. The number of hydrogen-bond donors (Lipinski definition) is 0. The van der Waals surface area contributed by atoms with Crippen molar-refractivity contribution in [1.82, 2.24) is 9.88 Å². The Morgan fingerprint density at radius 3 is 2.38 bits per heavy atom. The van der Waals surface area contributed by atoms with Gasteiger partial charge in [0.05, 0.1) is 54.5 Å². The van der Waals surface area contributed by atoms with Gasteiger partial charge in [-0.25, -0.2) is 18.0 Å². The van der Waals surface area contributed by atoms with Gasteiger partial charge in [0.15, 0.2) is 18.1 Å². The second kappa shape index (κ2) is 18.4. The zero-order chi connectivity index (χ0) is 38.1. The number of aromatic nitrogens is 1. The summed E-state index contributed by atoms with van der Waals surface area (Å²) in [5.74, 6) is -1.57. The molecule has 13 nitrogen and oxygen atoms in total. The third-order valence-corrected chi connectivity index (χ3v) is 10.3. The molecule has 1 aromatic heterocycles. The monoisotopic (exact) mass is 801 g/mol. The van der Waals surface area contributed by atoms with Crippen LogP contribution in [0.2, 0.25) is 10.0 Å². The molecule has 0 radical (unpaired) electrons. The number of sulfonamides is 1. The van der Waals surface area contributed by atoms with Crippen LogP contribution in [0.5, 0.6) is 17.2 Å². The lowest BCUT2D eigenvalue weighted by Gasteiger charge is -2.30. The van der Waals surface area contributed by atoms with Gasteiger partial charge in [-0.1, -0.05) is 29.3 Å². The summed E-state index contributed by atoms with van der Waals surface area (Å²) in [6, 6.07) is 8.26. The summed E-state index contributed by atoms with van der Waals surface area (Å²) in [5, 5.41) is 0.382. The van der Waals surface area contributed by atoms with Gasteiger partial charge in [0.2, 0.25) is 10.0 Å². The minimum absolute atomic E-state index is 0.0255. The molecule has 18 heteroatoms. The number of methoxy groups -OCH3 is 1. The lowest BCUT2D eigenvalue weighted by molar-refractivity contribution is -0.153. The van der Waals surface area contributed by atoms with Gasteiger partial charge >= 0.3 is 18.6 Å². The average Bonchev–Trinajstić information content (AvgIpc) is 3.96. The Morgan fingerprint density at radius 2 is 1.74 bits per heavy atom. The number of pyridine rings is 1. The Balaban J connectivity index is 1.33. The van der Waals surface area contributed by atoms with E-state index >= 15 is 0 Å². The highest BCUT2D eigenvalue weighted by atomic mass is 35.5. The van der Waals surface area contributed by atoms with Crippen LogP contribution >= 0.6 is 23.2 Å². The van der Waals surface area contributed by atoms with E-state index in [0.29, 0.717) is 49.9 Å². The van der Waals surface area contributed by atoms with Crippen LogP contribution in [0.1, 0.15) is 40.4 Å². The van der Waals surface area contributed by atoms with E-state index in [9.17, 15) is 26.8 Å². The van der Waals surface area contributed by atoms with Crippen molar-refractivity contribution in [1.29, 1.82) is 0 Å². The minimum atomic E-state index is -3.82. The van der Waals surface area contributed by atoms with Crippen LogP contribution in [-0.4, -0.2) is 103 Å². The third kappa shape index (κ3) is 11.5. The Bertz CT molecular complexity index is 1840. The largest absolute Gasteiger partial charge is 0.495 e. The fourth-order valence-corrected chi connectivity index (χ4v) is 6.94. The van der Waals surface area contributed by atoms with Crippen molar-refractivity contribution < 1.29 is 55.2 Å². The first-order chi connectivity index (χ1) is 25.3. The van der Waals surface area contributed by atoms with Crippen LogP contribution in [0.15, 0.2) is 48.8 Å². The number of nitrogens with zero attached hydrogens (tertiary/aromatic N) is 3. The van der Waals surface area contributed by atoms with E-state index in [2.05, 4.69) is 14.6 Å². The Labute approximate surface area is 316 Å². The molecule has 2 aliphatic rings. The number of anilines is 1. The lowest BCUT2D eigenvalue weighted by Crippen LogP contribution is -2.43. The molecule has 288 valence electrons. The highest BCUT2D eigenvalue weighted by Gasteiger charge is 2.28. The molecule has 0 bridgehead atoms. The summed E-state index contributed by atoms with van der Waals surface area (Å²) < 4.78 is 85.6. The van der Waals surface area contributed by atoms with Crippen LogP contribution in [0.3, 0.4) is 0 Å². The zero-order valence-corrected chi connectivity index (χ0v) is 31.3. The number of alkyl halides is 2. The Kier molecular flexibility index (Phi) is 14.0. The molecule has 2 aromatic carbocycles. The summed E-state index contributed by atoms with van der Waals surface area (Å²) >= 11 is 12.8. The number of esters is 2. The molecular formula is C35H39Cl2F2N3O10S. The molecule has 1 aliphatic heterocycles. The molecule has 5 rings (SSSR count). The minimum Gasteiger partial charge on any atom is -0.495 e. The number of ether oxygens (including phenoxy) is 6. The fourth-order valence-electron chi connectivity index (χ4n) is 5.50. The first-order valence-electron chi connectivity index (χ1n) is 16.6. The normalized spacial score (nSPS) is 15.5. The van der Waals surface area contributed by atoms with Gasteiger partial charge < -0.3 is 28.4 Å². The van der Waals surface area contributed by atoms with Crippen LogP contribution in [0.25, 0.3) is 0 Å². The Morgan fingerprint density at radius 1 is 1.04 bits per heavy atom.